The minimum absolute atomic E-state index is 0.0752. The Morgan fingerprint density at radius 1 is 1.24 bits per heavy atom. The lowest BCUT2D eigenvalue weighted by Crippen LogP contribution is -2.31. The SMILES string of the molecule is NC(=S)c1ccc(Cl)cc1N1C(=O)c2cccnc2C1=O. The second-order valence-corrected chi connectivity index (χ2v) is 5.25. The van der Waals surface area contributed by atoms with Gasteiger partial charge in [-0.1, -0.05) is 23.8 Å². The third-order valence-electron chi connectivity index (χ3n) is 3.11. The van der Waals surface area contributed by atoms with Crippen molar-refractivity contribution in [1.29, 1.82) is 0 Å². The van der Waals surface area contributed by atoms with Crippen LogP contribution in [-0.4, -0.2) is 21.8 Å². The topological polar surface area (TPSA) is 76.3 Å². The summed E-state index contributed by atoms with van der Waals surface area (Å²) in [5.74, 6) is -0.988. The van der Waals surface area contributed by atoms with Gasteiger partial charge in [0.15, 0.2) is 0 Å². The van der Waals surface area contributed by atoms with Crippen LogP contribution in [0.2, 0.25) is 5.02 Å². The molecular formula is C14H8ClN3O2S. The molecule has 0 bridgehead atoms. The summed E-state index contributed by atoms with van der Waals surface area (Å²) in [7, 11) is 0. The van der Waals surface area contributed by atoms with Crippen LogP contribution in [-0.2, 0) is 0 Å². The number of hydrogen-bond acceptors (Lipinski definition) is 4. The van der Waals surface area contributed by atoms with Gasteiger partial charge in [0.2, 0.25) is 0 Å². The van der Waals surface area contributed by atoms with E-state index >= 15 is 0 Å². The van der Waals surface area contributed by atoms with Crippen molar-refractivity contribution >= 4 is 46.3 Å². The highest BCUT2D eigenvalue weighted by Gasteiger charge is 2.39. The summed E-state index contributed by atoms with van der Waals surface area (Å²) in [6.07, 6.45) is 1.46. The van der Waals surface area contributed by atoms with Gasteiger partial charge >= 0.3 is 0 Å². The highest BCUT2D eigenvalue weighted by Crippen LogP contribution is 2.31. The van der Waals surface area contributed by atoms with E-state index in [2.05, 4.69) is 4.98 Å². The highest BCUT2D eigenvalue weighted by molar-refractivity contribution is 7.80. The molecule has 3 rings (SSSR count). The van der Waals surface area contributed by atoms with E-state index in [1.54, 1.807) is 24.3 Å². The molecular weight excluding hydrogens is 310 g/mol. The van der Waals surface area contributed by atoms with E-state index in [1.807, 2.05) is 0 Å². The van der Waals surface area contributed by atoms with Crippen LogP contribution < -0.4 is 10.6 Å². The molecule has 21 heavy (non-hydrogen) atoms. The van der Waals surface area contributed by atoms with Gasteiger partial charge in [0.25, 0.3) is 11.8 Å². The number of halogens is 1. The predicted octanol–water partition coefficient (Wildman–Crippen LogP) is 2.17. The van der Waals surface area contributed by atoms with Crippen LogP contribution >= 0.6 is 23.8 Å². The molecule has 2 heterocycles. The molecule has 0 unspecified atom stereocenters. The number of fused-ring (bicyclic) bond motifs is 1. The molecule has 0 radical (unpaired) electrons. The summed E-state index contributed by atoms with van der Waals surface area (Å²) in [5, 5.41) is 0.370. The molecule has 0 fully saturated rings. The fourth-order valence-electron chi connectivity index (χ4n) is 2.18. The molecule has 7 heteroatoms. The van der Waals surface area contributed by atoms with Crippen LogP contribution in [0.4, 0.5) is 5.69 Å². The van der Waals surface area contributed by atoms with E-state index in [-0.39, 0.29) is 21.9 Å². The fourth-order valence-corrected chi connectivity index (χ4v) is 2.52. The quantitative estimate of drug-likeness (QED) is 0.678. The first-order valence-electron chi connectivity index (χ1n) is 5.94. The number of thiocarbonyl (C=S) groups is 1. The number of carbonyl (C=O) groups is 2. The number of nitrogens with two attached hydrogens (primary N) is 1. The van der Waals surface area contributed by atoms with Crippen molar-refractivity contribution < 1.29 is 9.59 Å². The Hall–Kier alpha value is -2.31. The number of nitrogens with zero attached hydrogens (tertiary/aromatic N) is 2. The number of amides is 2. The maximum atomic E-state index is 12.4. The van der Waals surface area contributed by atoms with Crippen molar-refractivity contribution in [1.82, 2.24) is 4.98 Å². The number of benzene rings is 1. The average Bonchev–Trinajstić information content (AvgIpc) is 2.71. The molecule has 1 aliphatic rings. The first-order chi connectivity index (χ1) is 10.0. The van der Waals surface area contributed by atoms with E-state index in [0.717, 1.165) is 4.90 Å². The minimum atomic E-state index is -0.518. The average molecular weight is 318 g/mol. The fraction of sp³-hybridized carbons (Fsp3) is 0. The van der Waals surface area contributed by atoms with E-state index in [9.17, 15) is 9.59 Å². The Labute approximate surface area is 130 Å². The van der Waals surface area contributed by atoms with Crippen molar-refractivity contribution in [3.05, 3.63) is 58.4 Å². The molecule has 104 valence electrons. The number of hydrogen-bond donors (Lipinski definition) is 1. The molecule has 2 aromatic rings. The normalized spacial score (nSPS) is 13.5. The van der Waals surface area contributed by atoms with Crippen LogP contribution in [0.1, 0.15) is 26.4 Å². The van der Waals surface area contributed by atoms with Gasteiger partial charge in [-0.05, 0) is 30.3 Å². The Balaban J connectivity index is 2.20. The van der Waals surface area contributed by atoms with Crippen LogP contribution in [0, 0.1) is 0 Å². The second kappa shape index (κ2) is 4.91. The maximum absolute atomic E-state index is 12.4. The number of anilines is 1. The number of carbonyl (C=O) groups excluding carboxylic acids is 2. The Bertz CT molecular complexity index is 772. The van der Waals surface area contributed by atoms with Gasteiger partial charge in [-0.3, -0.25) is 14.6 Å². The van der Waals surface area contributed by atoms with E-state index in [4.69, 9.17) is 29.6 Å². The molecule has 0 saturated carbocycles. The van der Waals surface area contributed by atoms with Gasteiger partial charge in [0.1, 0.15) is 10.7 Å². The molecule has 0 atom stereocenters. The summed E-state index contributed by atoms with van der Waals surface area (Å²) < 4.78 is 0. The number of aromatic nitrogens is 1. The van der Waals surface area contributed by atoms with Gasteiger partial charge in [0, 0.05) is 16.8 Å². The zero-order valence-electron chi connectivity index (χ0n) is 10.5. The number of pyridine rings is 1. The van der Waals surface area contributed by atoms with Crippen LogP contribution in [0.5, 0.6) is 0 Å². The molecule has 0 aliphatic carbocycles. The smallest absolute Gasteiger partial charge is 0.284 e. The molecule has 1 aromatic heterocycles. The first kappa shape index (κ1) is 13.7. The zero-order chi connectivity index (χ0) is 15.1. The van der Waals surface area contributed by atoms with Gasteiger partial charge in [-0.2, -0.15) is 0 Å². The van der Waals surface area contributed by atoms with E-state index in [1.165, 1.54) is 12.3 Å². The van der Waals surface area contributed by atoms with Crippen LogP contribution in [0.3, 0.4) is 0 Å². The molecule has 2 amide bonds. The maximum Gasteiger partial charge on any atom is 0.284 e. The lowest BCUT2D eigenvalue weighted by atomic mass is 10.1. The monoisotopic (exact) mass is 317 g/mol. The first-order valence-corrected chi connectivity index (χ1v) is 6.72. The van der Waals surface area contributed by atoms with Crippen LogP contribution in [0.15, 0.2) is 36.5 Å². The molecule has 1 aromatic carbocycles. The van der Waals surface area contributed by atoms with Gasteiger partial charge in [-0.15, -0.1) is 0 Å². The van der Waals surface area contributed by atoms with Crippen molar-refractivity contribution in [2.75, 3.05) is 4.90 Å². The Kier molecular flexibility index (Phi) is 3.19. The molecule has 0 spiro atoms. The largest absolute Gasteiger partial charge is 0.389 e. The highest BCUT2D eigenvalue weighted by atomic mass is 35.5. The van der Waals surface area contributed by atoms with E-state index < -0.39 is 11.8 Å². The summed E-state index contributed by atoms with van der Waals surface area (Å²) >= 11 is 10.9. The van der Waals surface area contributed by atoms with Crippen molar-refractivity contribution in [2.24, 2.45) is 5.73 Å². The summed E-state index contributed by atoms with van der Waals surface area (Å²) in [6, 6.07) is 7.80. The second-order valence-electron chi connectivity index (χ2n) is 4.37. The van der Waals surface area contributed by atoms with E-state index in [0.29, 0.717) is 10.6 Å². The van der Waals surface area contributed by atoms with Crippen molar-refractivity contribution in [3.63, 3.8) is 0 Å². The summed E-state index contributed by atoms with van der Waals surface area (Å²) in [5.41, 5.74) is 6.68. The minimum Gasteiger partial charge on any atom is -0.389 e. The molecule has 0 saturated heterocycles. The lowest BCUT2D eigenvalue weighted by Gasteiger charge is -2.17. The summed E-state index contributed by atoms with van der Waals surface area (Å²) in [6.45, 7) is 0. The molecule has 5 nitrogen and oxygen atoms in total. The lowest BCUT2D eigenvalue weighted by molar-refractivity contribution is 0.0924. The third kappa shape index (κ3) is 2.09. The molecule has 2 N–H and O–H groups in total. The van der Waals surface area contributed by atoms with Crippen molar-refractivity contribution in [2.45, 2.75) is 0 Å². The third-order valence-corrected chi connectivity index (χ3v) is 3.57. The van der Waals surface area contributed by atoms with Crippen molar-refractivity contribution in [3.8, 4) is 0 Å². The van der Waals surface area contributed by atoms with Gasteiger partial charge in [-0.25, -0.2) is 4.90 Å². The Morgan fingerprint density at radius 2 is 2.00 bits per heavy atom. The van der Waals surface area contributed by atoms with Gasteiger partial charge < -0.3 is 5.73 Å². The summed E-state index contributed by atoms with van der Waals surface area (Å²) in [4.78, 5) is 29.9. The van der Waals surface area contributed by atoms with Gasteiger partial charge in [0.05, 0.1) is 11.3 Å². The number of rotatable bonds is 2. The molecule has 1 aliphatic heterocycles. The Morgan fingerprint density at radius 3 is 2.67 bits per heavy atom. The number of imide groups is 1. The van der Waals surface area contributed by atoms with Crippen LogP contribution in [0.25, 0.3) is 0 Å². The standard InChI is InChI=1S/C14H8ClN3O2S/c15-7-3-4-8(12(16)21)10(6-7)18-13(19)9-2-1-5-17-11(9)14(18)20/h1-6H,(H2,16,21). The predicted molar refractivity (Wildman–Crippen MR) is 82.7 cm³/mol. The zero-order valence-corrected chi connectivity index (χ0v) is 12.1.